The first-order valence-corrected chi connectivity index (χ1v) is 13.3. The average molecular weight is 519 g/mol. The van der Waals surface area contributed by atoms with Gasteiger partial charge in [0.2, 0.25) is 0 Å². The predicted molar refractivity (Wildman–Crippen MR) is 156 cm³/mol. The van der Waals surface area contributed by atoms with Crippen molar-refractivity contribution >= 4 is 22.4 Å². The molecule has 6 heteroatoms. The molecule has 0 bridgehead atoms. The summed E-state index contributed by atoms with van der Waals surface area (Å²) in [6.07, 6.45) is 2.27. The number of halogens is 1. The van der Waals surface area contributed by atoms with Gasteiger partial charge >= 0.3 is 0 Å². The van der Waals surface area contributed by atoms with Crippen molar-refractivity contribution in [3.63, 3.8) is 0 Å². The van der Waals surface area contributed by atoms with E-state index in [0.717, 1.165) is 40.3 Å². The Morgan fingerprint density at radius 1 is 1.03 bits per heavy atom. The molecule has 6 rings (SSSR count). The third kappa shape index (κ3) is 4.56. The number of benzene rings is 3. The van der Waals surface area contributed by atoms with Gasteiger partial charge in [-0.1, -0.05) is 48.0 Å². The molecule has 5 nitrogen and oxygen atoms in total. The lowest BCUT2D eigenvalue weighted by molar-refractivity contribution is 0.614. The molecule has 196 valence electrons. The Balaban J connectivity index is 1.24. The Kier molecular flexibility index (Phi) is 6.39. The van der Waals surface area contributed by atoms with Gasteiger partial charge in [-0.3, -0.25) is 4.79 Å². The number of pyridine rings is 2. The lowest BCUT2D eigenvalue weighted by Crippen LogP contribution is -2.20. The van der Waals surface area contributed by atoms with Gasteiger partial charge < -0.3 is 15.2 Å². The molecule has 1 atom stereocenters. The second-order valence-corrected chi connectivity index (χ2v) is 10.4. The monoisotopic (exact) mass is 518 g/mol. The molecule has 0 fully saturated rings. The third-order valence-corrected chi connectivity index (χ3v) is 7.98. The number of rotatable bonds is 6. The van der Waals surface area contributed by atoms with Crippen LogP contribution in [0.15, 0.2) is 83.8 Å². The Morgan fingerprint density at radius 3 is 2.64 bits per heavy atom. The molecule has 0 spiro atoms. The van der Waals surface area contributed by atoms with Gasteiger partial charge in [0.1, 0.15) is 11.6 Å². The molecule has 0 aliphatic carbocycles. The third-order valence-electron chi connectivity index (χ3n) is 7.98. The maximum atomic E-state index is 15.4. The Morgan fingerprint density at radius 2 is 1.85 bits per heavy atom. The van der Waals surface area contributed by atoms with E-state index in [1.807, 2.05) is 80.1 Å². The number of anilines is 2. The van der Waals surface area contributed by atoms with Gasteiger partial charge in [0.25, 0.3) is 0 Å². The topological polar surface area (TPSA) is 59.0 Å². The zero-order valence-corrected chi connectivity index (χ0v) is 22.4. The van der Waals surface area contributed by atoms with Crippen LogP contribution in [0.3, 0.4) is 0 Å². The van der Waals surface area contributed by atoms with Crippen molar-refractivity contribution in [2.24, 2.45) is 7.05 Å². The normalized spacial score (nSPS) is 14.3. The lowest BCUT2D eigenvalue weighted by atomic mass is 9.89. The molecule has 1 aliphatic rings. The number of hydrogen-bond acceptors (Lipinski definition) is 4. The first kappa shape index (κ1) is 24.9. The minimum Gasteiger partial charge on any atom is -0.381 e. The summed E-state index contributed by atoms with van der Waals surface area (Å²) >= 11 is 0. The Hall–Kier alpha value is -4.45. The van der Waals surface area contributed by atoms with Gasteiger partial charge in [-0.25, -0.2) is 9.37 Å². The number of nitrogens with one attached hydrogen (secondary N) is 2. The molecule has 1 aliphatic heterocycles. The maximum Gasteiger partial charge on any atom is 0.194 e. The quantitative estimate of drug-likeness (QED) is 0.271. The number of aromatic nitrogens is 2. The van der Waals surface area contributed by atoms with E-state index in [4.69, 9.17) is 0 Å². The molecule has 5 aromatic rings. The number of fused-ring (bicyclic) bond motifs is 2. The van der Waals surface area contributed by atoms with E-state index in [1.54, 1.807) is 6.20 Å². The Bertz CT molecular complexity index is 1760. The molecule has 0 radical (unpaired) electrons. The van der Waals surface area contributed by atoms with Crippen molar-refractivity contribution in [3.05, 3.63) is 134 Å². The summed E-state index contributed by atoms with van der Waals surface area (Å²) in [6.45, 7) is 5.04. The van der Waals surface area contributed by atoms with Crippen molar-refractivity contribution in [1.82, 2.24) is 9.55 Å². The van der Waals surface area contributed by atoms with Crippen LogP contribution in [-0.2, 0) is 20.0 Å². The first-order chi connectivity index (χ1) is 18.9. The minimum absolute atomic E-state index is 0.0158. The van der Waals surface area contributed by atoms with E-state index in [1.165, 1.54) is 11.6 Å². The summed E-state index contributed by atoms with van der Waals surface area (Å²) in [6, 6.07) is 23.5. The highest BCUT2D eigenvalue weighted by Gasteiger charge is 2.27. The number of aryl methyl sites for hydroxylation is 2. The van der Waals surface area contributed by atoms with Crippen LogP contribution in [0, 0.1) is 19.7 Å². The molecular weight excluding hydrogens is 487 g/mol. The van der Waals surface area contributed by atoms with Crippen LogP contribution in [0.2, 0.25) is 0 Å². The fourth-order valence-corrected chi connectivity index (χ4v) is 5.71. The molecule has 1 unspecified atom stereocenters. The summed E-state index contributed by atoms with van der Waals surface area (Å²) in [4.78, 5) is 17.8. The van der Waals surface area contributed by atoms with Crippen LogP contribution in [0.5, 0.6) is 0 Å². The van der Waals surface area contributed by atoms with Crippen LogP contribution >= 0.6 is 0 Å². The molecule has 2 N–H and O–H groups in total. The number of nitrogens with zero attached hydrogens (tertiary/aromatic N) is 2. The smallest absolute Gasteiger partial charge is 0.194 e. The summed E-state index contributed by atoms with van der Waals surface area (Å²) in [5.41, 5.74) is 8.27. The van der Waals surface area contributed by atoms with E-state index >= 15 is 4.39 Å². The van der Waals surface area contributed by atoms with Gasteiger partial charge in [-0.15, -0.1) is 0 Å². The summed E-state index contributed by atoms with van der Waals surface area (Å²) in [7, 11) is 1.97. The van der Waals surface area contributed by atoms with Crippen molar-refractivity contribution in [2.75, 3.05) is 17.2 Å². The second kappa shape index (κ2) is 10.0. The highest BCUT2D eigenvalue weighted by Crippen LogP contribution is 2.38. The van der Waals surface area contributed by atoms with Gasteiger partial charge in [-0.05, 0) is 60.9 Å². The van der Waals surface area contributed by atoms with E-state index in [-0.39, 0.29) is 17.2 Å². The zero-order chi connectivity index (χ0) is 27.1. The van der Waals surface area contributed by atoms with E-state index in [9.17, 15) is 4.79 Å². The molecule has 3 aromatic carbocycles. The molecule has 0 saturated heterocycles. The van der Waals surface area contributed by atoms with Crippen molar-refractivity contribution < 1.29 is 4.39 Å². The zero-order valence-electron chi connectivity index (χ0n) is 22.4. The largest absolute Gasteiger partial charge is 0.381 e. The van der Waals surface area contributed by atoms with Gasteiger partial charge in [0.05, 0.1) is 5.52 Å². The minimum atomic E-state index is -0.272. The van der Waals surface area contributed by atoms with Crippen molar-refractivity contribution in [1.29, 1.82) is 0 Å². The number of hydrogen-bond donors (Lipinski definition) is 2. The first-order valence-electron chi connectivity index (χ1n) is 13.3. The lowest BCUT2D eigenvalue weighted by Gasteiger charge is -2.17. The van der Waals surface area contributed by atoms with Crippen molar-refractivity contribution in [3.8, 4) is 0 Å². The van der Waals surface area contributed by atoms with Crippen LogP contribution < -0.4 is 16.1 Å². The van der Waals surface area contributed by atoms with Gasteiger partial charge in [0.15, 0.2) is 5.43 Å². The summed E-state index contributed by atoms with van der Waals surface area (Å²) in [5.74, 6) is 0.791. The van der Waals surface area contributed by atoms with Crippen molar-refractivity contribution in [2.45, 2.75) is 32.7 Å². The Labute approximate surface area is 227 Å². The SMILES string of the molecule is Cc1ccc2c(c1)c(=O)c(CNc1ccc(Cc3ccnc4c3C(c3ccccc3)CN4)c(F)c1)c(C)n2C. The molecule has 0 saturated carbocycles. The fourth-order valence-electron chi connectivity index (χ4n) is 5.71. The highest BCUT2D eigenvalue weighted by molar-refractivity contribution is 5.81. The predicted octanol–water partition coefficient (Wildman–Crippen LogP) is 6.45. The van der Waals surface area contributed by atoms with E-state index in [2.05, 4.69) is 27.8 Å². The second-order valence-electron chi connectivity index (χ2n) is 10.4. The molecule has 0 amide bonds. The molecule has 2 aromatic heterocycles. The summed E-state index contributed by atoms with van der Waals surface area (Å²) in [5, 5.41) is 7.40. The molecule has 3 heterocycles. The average Bonchev–Trinajstić information content (AvgIpc) is 3.39. The standard InChI is InChI=1S/C33H31FN4O/c1-20-9-12-30-26(15-20)32(39)27(21(2)38(30)3)18-36-25-11-10-23(29(34)17-25)16-24-13-14-35-33-31(24)28(19-37-33)22-7-5-4-6-8-22/h4-15,17,28,36H,16,18-19H2,1-3H3,(H,35,37). The summed E-state index contributed by atoms with van der Waals surface area (Å²) < 4.78 is 17.4. The van der Waals surface area contributed by atoms with Crippen LogP contribution in [-0.4, -0.2) is 16.1 Å². The van der Waals surface area contributed by atoms with E-state index in [0.29, 0.717) is 35.2 Å². The molecular formula is C33H31FN4O. The maximum absolute atomic E-state index is 15.4. The van der Waals surface area contributed by atoms with Crippen LogP contribution in [0.1, 0.15) is 45.0 Å². The fraction of sp³-hybridized carbons (Fsp3) is 0.212. The molecule has 39 heavy (non-hydrogen) atoms. The van der Waals surface area contributed by atoms with E-state index < -0.39 is 0 Å². The van der Waals surface area contributed by atoms with Crippen LogP contribution in [0.4, 0.5) is 15.9 Å². The highest BCUT2D eigenvalue weighted by atomic mass is 19.1. The van der Waals surface area contributed by atoms with Crippen LogP contribution in [0.25, 0.3) is 10.9 Å². The van der Waals surface area contributed by atoms with Gasteiger partial charge in [0, 0.05) is 66.6 Å². The van der Waals surface area contributed by atoms with Gasteiger partial charge in [-0.2, -0.15) is 0 Å².